The Morgan fingerprint density at radius 3 is 2.40 bits per heavy atom. The molecule has 1 aromatic heterocycles. The summed E-state index contributed by atoms with van der Waals surface area (Å²) in [6.07, 6.45) is 8.40. The molecule has 1 aromatic carbocycles. The molecule has 0 bridgehead atoms. The summed E-state index contributed by atoms with van der Waals surface area (Å²) in [6.45, 7) is 10.4. The smallest absolute Gasteiger partial charge is 0.122 e. The lowest BCUT2D eigenvalue weighted by atomic mass is 10.0. The molecule has 2 rings (SSSR count). The average molecular weight is 341 g/mol. The highest BCUT2D eigenvalue weighted by molar-refractivity contribution is 5.56. The number of hydrogen-bond donors (Lipinski definition) is 0. The van der Waals surface area contributed by atoms with E-state index < -0.39 is 0 Å². The summed E-state index contributed by atoms with van der Waals surface area (Å²) in [4.78, 5) is 9.13. The van der Waals surface area contributed by atoms with Gasteiger partial charge in [-0.3, -0.25) is 4.90 Å². The van der Waals surface area contributed by atoms with Crippen molar-refractivity contribution in [1.82, 2.24) is 19.4 Å². The van der Waals surface area contributed by atoms with Gasteiger partial charge in [0.05, 0.1) is 6.54 Å². The van der Waals surface area contributed by atoms with Crippen LogP contribution in [0, 0.1) is 20.8 Å². The normalized spacial score (nSPS) is 12.0. The van der Waals surface area contributed by atoms with E-state index in [4.69, 9.17) is 0 Å². The van der Waals surface area contributed by atoms with Gasteiger partial charge in [-0.25, -0.2) is 4.98 Å². The molecule has 0 aliphatic rings. The fourth-order valence-electron chi connectivity index (χ4n) is 2.82. The van der Waals surface area contributed by atoms with E-state index in [0.29, 0.717) is 0 Å². The van der Waals surface area contributed by atoms with Crippen LogP contribution in [0.25, 0.3) is 6.08 Å². The predicted octanol–water partition coefficient (Wildman–Crippen LogP) is 3.42. The molecule has 0 aliphatic heterocycles. The number of likely N-dealkylation sites (N-methyl/N-ethyl adjacent to an activating group) is 1. The second-order valence-corrected chi connectivity index (χ2v) is 7.19. The van der Waals surface area contributed by atoms with Gasteiger partial charge in [-0.15, -0.1) is 0 Å². The van der Waals surface area contributed by atoms with Gasteiger partial charge in [0, 0.05) is 39.1 Å². The van der Waals surface area contributed by atoms with Crippen LogP contribution in [-0.4, -0.2) is 53.1 Å². The van der Waals surface area contributed by atoms with E-state index in [0.717, 1.165) is 32.0 Å². The Bertz CT molecular complexity index is 713. The molecule has 0 N–H and O–H groups in total. The summed E-state index contributed by atoms with van der Waals surface area (Å²) in [5.41, 5.74) is 5.36. The first-order chi connectivity index (χ1) is 11.9. The molecule has 0 saturated carbocycles. The van der Waals surface area contributed by atoms with E-state index in [2.05, 4.69) is 85.5 Å². The molecule has 0 fully saturated rings. The maximum atomic E-state index is 4.47. The van der Waals surface area contributed by atoms with Crippen LogP contribution in [0.3, 0.4) is 0 Å². The maximum Gasteiger partial charge on any atom is 0.122 e. The van der Waals surface area contributed by atoms with Crippen molar-refractivity contribution in [2.75, 3.05) is 33.7 Å². The van der Waals surface area contributed by atoms with Gasteiger partial charge < -0.3 is 9.47 Å². The van der Waals surface area contributed by atoms with Crippen LogP contribution in [0.15, 0.2) is 30.6 Å². The number of aryl methyl sites for hydroxylation is 4. The van der Waals surface area contributed by atoms with Gasteiger partial charge in [-0.05, 0) is 57.1 Å². The second-order valence-electron chi connectivity index (χ2n) is 7.19. The number of rotatable bonds is 8. The van der Waals surface area contributed by atoms with Crippen LogP contribution in [0.5, 0.6) is 0 Å². The van der Waals surface area contributed by atoms with Crippen LogP contribution >= 0.6 is 0 Å². The average Bonchev–Trinajstić information content (AvgIpc) is 2.94. The van der Waals surface area contributed by atoms with Crippen LogP contribution in [0.4, 0.5) is 0 Å². The quantitative estimate of drug-likeness (QED) is 0.736. The highest BCUT2D eigenvalue weighted by atomic mass is 15.2. The lowest BCUT2D eigenvalue weighted by Gasteiger charge is -2.22. The van der Waals surface area contributed by atoms with Gasteiger partial charge in [-0.2, -0.15) is 0 Å². The van der Waals surface area contributed by atoms with Gasteiger partial charge in [0.15, 0.2) is 0 Å². The van der Waals surface area contributed by atoms with E-state index in [1.54, 1.807) is 0 Å². The molecule has 0 spiro atoms. The summed E-state index contributed by atoms with van der Waals surface area (Å²) in [5, 5.41) is 0. The van der Waals surface area contributed by atoms with Crippen molar-refractivity contribution in [2.24, 2.45) is 7.05 Å². The molecule has 2 aromatic rings. The Labute approximate surface area is 152 Å². The SMILES string of the molecule is Cc1cc(C)c(/C=C/CN(CCN(C)C)Cc2nccn2C)cc1C. The highest BCUT2D eigenvalue weighted by Gasteiger charge is 2.08. The molecular weight excluding hydrogens is 308 g/mol. The zero-order valence-electron chi connectivity index (χ0n) is 16.6. The van der Waals surface area contributed by atoms with Crippen molar-refractivity contribution in [2.45, 2.75) is 27.3 Å². The summed E-state index contributed by atoms with van der Waals surface area (Å²) >= 11 is 0. The molecular formula is C21H32N4. The number of hydrogen-bond acceptors (Lipinski definition) is 3. The van der Waals surface area contributed by atoms with Crippen LogP contribution in [0.2, 0.25) is 0 Å². The molecule has 0 radical (unpaired) electrons. The summed E-state index contributed by atoms with van der Waals surface area (Å²) in [7, 11) is 6.29. The molecule has 25 heavy (non-hydrogen) atoms. The molecule has 136 valence electrons. The van der Waals surface area contributed by atoms with E-state index >= 15 is 0 Å². The Kier molecular flexibility index (Phi) is 6.97. The number of aromatic nitrogens is 2. The van der Waals surface area contributed by atoms with Crippen LogP contribution in [-0.2, 0) is 13.6 Å². The van der Waals surface area contributed by atoms with E-state index in [9.17, 15) is 0 Å². The van der Waals surface area contributed by atoms with Crippen molar-refractivity contribution >= 4 is 6.08 Å². The van der Waals surface area contributed by atoms with E-state index in [1.165, 1.54) is 22.3 Å². The first-order valence-electron chi connectivity index (χ1n) is 8.94. The minimum Gasteiger partial charge on any atom is -0.337 e. The van der Waals surface area contributed by atoms with Crippen molar-refractivity contribution in [1.29, 1.82) is 0 Å². The van der Waals surface area contributed by atoms with Crippen molar-refractivity contribution in [3.63, 3.8) is 0 Å². The topological polar surface area (TPSA) is 24.3 Å². The Morgan fingerprint density at radius 1 is 1.04 bits per heavy atom. The molecule has 0 unspecified atom stereocenters. The minimum absolute atomic E-state index is 0.869. The molecule has 1 heterocycles. The zero-order chi connectivity index (χ0) is 18.4. The van der Waals surface area contributed by atoms with Crippen LogP contribution in [0.1, 0.15) is 28.1 Å². The zero-order valence-corrected chi connectivity index (χ0v) is 16.6. The lowest BCUT2D eigenvalue weighted by molar-refractivity contribution is 0.248. The Balaban J connectivity index is 2.05. The van der Waals surface area contributed by atoms with Gasteiger partial charge >= 0.3 is 0 Å². The predicted molar refractivity (Wildman–Crippen MR) is 107 cm³/mol. The van der Waals surface area contributed by atoms with Crippen LogP contribution < -0.4 is 0 Å². The van der Waals surface area contributed by atoms with E-state index in [1.807, 2.05) is 12.4 Å². The van der Waals surface area contributed by atoms with Crippen molar-refractivity contribution < 1.29 is 0 Å². The number of nitrogens with zero attached hydrogens (tertiary/aromatic N) is 4. The molecule has 0 atom stereocenters. The largest absolute Gasteiger partial charge is 0.337 e. The van der Waals surface area contributed by atoms with Gasteiger partial charge in [0.25, 0.3) is 0 Å². The molecule has 0 saturated heterocycles. The number of benzene rings is 1. The standard InChI is InChI=1S/C21H32N4/c1-17-14-19(3)20(15-18(17)2)8-7-10-25(13-12-23(4)5)16-21-22-9-11-24(21)6/h7-9,11,14-15H,10,12-13,16H2,1-6H3/b8-7+. The van der Waals surface area contributed by atoms with E-state index in [-0.39, 0.29) is 0 Å². The van der Waals surface area contributed by atoms with Gasteiger partial charge in [0.1, 0.15) is 5.82 Å². The second kappa shape index (κ2) is 8.97. The number of imidazole rings is 1. The first kappa shape index (κ1) is 19.4. The maximum absolute atomic E-state index is 4.47. The fourth-order valence-corrected chi connectivity index (χ4v) is 2.82. The fraction of sp³-hybridized carbons (Fsp3) is 0.476. The molecule has 0 amide bonds. The third-order valence-corrected chi connectivity index (χ3v) is 4.69. The van der Waals surface area contributed by atoms with Crippen molar-refractivity contribution in [3.8, 4) is 0 Å². The molecule has 4 heteroatoms. The third-order valence-electron chi connectivity index (χ3n) is 4.69. The Morgan fingerprint density at radius 2 is 1.76 bits per heavy atom. The first-order valence-corrected chi connectivity index (χ1v) is 8.94. The minimum atomic E-state index is 0.869. The summed E-state index contributed by atoms with van der Waals surface area (Å²) < 4.78 is 2.10. The lowest BCUT2D eigenvalue weighted by Crippen LogP contribution is -2.32. The van der Waals surface area contributed by atoms with Gasteiger partial charge in [0.2, 0.25) is 0 Å². The van der Waals surface area contributed by atoms with Gasteiger partial charge in [-0.1, -0.05) is 24.3 Å². The van der Waals surface area contributed by atoms with Crippen molar-refractivity contribution in [3.05, 3.63) is 58.7 Å². The third kappa shape index (κ3) is 5.83. The molecule has 4 nitrogen and oxygen atoms in total. The Hall–Kier alpha value is -1.91. The summed E-state index contributed by atoms with van der Waals surface area (Å²) in [5.74, 6) is 1.11. The monoisotopic (exact) mass is 340 g/mol. The highest BCUT2D eigenvalue weighted by Crippen LogP contribution is 2.16. The summed E-state index contributed by atoms with van der Waals surface area (Å²) in [6, 6.07) is 4.55. The molecule has 0 aliphatic carbocycles.